The van der Waals surface area contributed by atoms with E-state index in [0.717, 1.165) is 11.6 Å². The Hall–Kier alpha value is -2.42. The van der Waals surface area contributed by atoms with Gasteiger partial charge in [-0.25, -0.2) is 4.39 Å². The average molecular weight is 428 g/mol. The Kier molecular flexibility index (Phi) is 6.50. The fourth-order valence-electron chi connectivity index (χ4n) is 3.79. The third-order valence-corrected chi connectivity index (χ3v) is 5.62. The van der Waals surface area contributed by atoms with Crippen molar-refractivity contribution in [3.05, 3.63) is 47.5 Å². The summed E-state index contributed by atoms with van der Waals surface area (Å²) in [4.78, 5) is 24.5. The van der Waals surface area contributed by atoms with E-state index in [1.165, 1.54) is 24.4 Å². The van der Waals surface area contributed by atoms with Crippen LogP contribution in [0, 0.1) is 11.8 Å². The number of allylic oxidation sites excluding steroid dienone is 3. The van der Waals surface area contributed by atoms with Gasteiger partial charge in [-0.15, -0.1) is 0 Å². The summed E-state index contributed by atoms with van der Waals surface area (Å²) in [7, 11) is 0. The maximum absolute atomic E-state index is 13.4. The standard InChI is InChI=1S/C21H24F4N2O3/c1-11-7-14(22)4-6-17(11)30-18-8-13(21(23,24)25)3-5-15(18)20(29)27-16-9-19(28)26-10-12(16)2/h3-4,6-7,10-11,15-18H,5,8-9H2,1-2H3,(H,26,28)(H,27,29). The van der Waals surface area contributed by atoms with E-state index in [4.69, 9.17) is 4.74 Å². The first-order chi connectivity index (χ1) is 14.0. The minimum Gasteiger partial charge on any atom is -0.369 e. The smallest absolute Gasteiger partial charge is 0.369 e. The van der Waals surface area contributed by atoms with Crippen molar-refractivity contribution in [3.8, 4) is 0 Å². The molecule has 2 aliphatic carbocycles. The quantitative estimate of drug-likeness (QED) is 0.531. The minimum absolute atomic E-state index is 0.0580. The second-order valence-corrected chi connectivity index (χ2v) is 7.90. The minimum atomic E-state index is -4.51. The normalized spacial score (nSPS) is 32.0. The first-order valence-corrected chi connectivity index (χ1v) is 9.78. The first-order valence-electron chi connectivity index (χ1n) is 9.78. The SMILES string of the molecule is CC1=CNC(=O)CC1NC(=O)C1CC=C(C(F)(F)F)CC1OC1C=CC(F)=CC1C. The maximum Gasteiger partial charge on any atom is 0.412 e. The first kappa shape index (κ1) is 22.3. The molecule has 2 N–H and O–H groups in total. The summed E-state index contributed by atoms with van der Waals surface area (Å²) >= 11 is 0. The largest absolute Gasteiger partial charge is 0.412 e. The lowest BCUT2D eigenvalue weighted by Crippen LogP contribution is -2.49. The molecule has 5 atom stereocenters. The van der Waals surface area contributed by atoms with Gasteiger partial charge in [0.15, 0.2) is 0 Å². The highest BCUT2D eigenvalue weighted by molar-refractivity contribution is 5.84. The van der Waals surface area contributed by atoms with E-state index < -0.39 is 54.1 Å². The summed E-state index contributed by atoms with van der Waals surface area (Å²) in [6, 6.07) is -0.523. The van der Waals surface area contributed by atoms with E-state index in [1.807, 2.05) is 0 Å². The summed E-state index contributed by atoms with van der Waals surface area (Å²) in [5.74, 6) is -2.40. The molecule has 0 aromatic carbocycles. The van der Waals surface area contributed by atoms with Crippen molar-refractivity contribution in [2.24, 2.45) is 11.8 Å². The van der Waals surface area contributed by atoms with Crippen LogP contribution in [-0.4, -0.2) is 36.2 Å². The van der Waals surface area contributed by atoms with Gasteiger partial charge in [-0.05, 0) is 31.1 Å². The molecule has 0 fully saturated rings. The van der Waals surface area contributed by atoms with Crippen molar-refractivity contribution in [1.29, 1.82) is 0 Å². The highest BCUT2D eigenvalue weighted by atomic mass is 19.4. The second-order valence-electron chi connectivity index (χ2n) is 7.90. The fraction of sp³-hybridized carbons (Fsp3) is 0.524. The highest BCUT2D eigenvalue weighted by Crippen LogP contribution is 2.38. The second kappa shape index (κ2) is 8.75. The molecular formula is C21H24F4N2O3. The van der Waals surface area contributed by atoms with Crippen LogP contribution in [0.15, 0.2) is 47.5 Å². The van der Waals surface area contributed by atoms with E-state index in [9.17, 15) is 27.2 Å². The van der Waals surface area contributed by atoms with Gasteiger partial charge in [-0.3, -0.25) is 9.59 Å². The van der Waals surface area contributed by atoms with Crippen molar-refractivity contribution in [3.63, 3.8) is 0 Å². The molecule has 0 saturated heterocycles. The Morgan fingerprint density at radius 3 is 2.70 bits per heavy atom. The van der Waals surface area contributed by atoms with Crippen LogP contribution in [0.4, 0.5) is 17.6 Å². The predicted molar refractivity (Wildman–Crippen MR) is 101 cm³/mol. The summed E-state index contributed by atoms with van der Waals surface area (Å²) < 4.78 is 59.1. The molecule has 164 valence electrons. The number of carbonyl (C=O) groups excluding carboxylic acids is 2. The fourth-order valence-corrected chi connectivity index (χ4v) is 3.79. The molecule has 9 heteroatoms. The van der Waals surface area contributed by atoms with Gasteiger partial charge in [-0.2, -0.15) is 13.2 Å². The number of nitrogens with one attached hydrogen (secondary N) is 2. The maximum atomic E-state index is 13.4. The topological polar surface area (TPSA) is 67.4 Å². The molecule has 1 heterocycles. The number of carbonyl (C=O) groups is 2. The Morgan fingerprint density at radius 2 is 2.03 bits per heavy atom. The number of ether oxygens (including phenoxy) is 1. The van der Waals surface area contributed by atoms with Gasteiger partial charge in [0, 0.05) is 24.1 Å². The Labute approximate surface area is 171 Å². The van der Waals surface area contributed by atoms with Crippen LogP contribution in [-0.2, 0) is 14.3 Å². The zero-order chi connectivity index (χ0) is 22.1. The van der Waals surface area contributed by atoms with Crippen LogP contribution >= 0.6 is 0 Å². The molecule has 0 aromatic rings. The van der Waals surface area contributed by atoms with Gasteiger partial charge >= 0.3 is 6.18 Å². The van der Waals surface area contributed by atoms with Crippen molar-refractivity contribution in [2.45, 2.75) is 57.5 Å². The molecule has 1 aliphatic heterocycles. The van der Waals surface area contributed by atoms with Crippen molar-refractivity contribution >= 4 is 11.8 Å². The van der Waals surface area contributed by atoms with E-state index in [-0.39, 0.29) is 24.7 Å². The van der Waals surface area contributed by atoms with Crippen LogP contribution in [0.3, 0.4) is 0 Å². The van der Waals surface area contributed by atoms with Gasteiger partial charge in [-0.1, -0.05) is 19.1 Å². The van der Waals surface area contributed by atoms with E-state index in [1.54, 1.807) is 13.8 Å². The lowest BCUT2D eigenvalue weighted by molar-refractivity contribution is -0.137. The summed E-state index contributed by atoms with van der Waals surface area (Å²) in [5, 5.41) is 5.31. The molecule has 5 unspecified atom stereocenters. The van der Waals surface area contributed by atoms with Gasteiger partial charge < -0.3 is 15.4 Å². The molecule has 0 spiro atoms. The summed E-state index contributed by atoms with van der Waals surface area (Å²) in [6.45, 7) is 3.44. The summed E-state index contributed by atoms with van der Waals surface area (Å²) in [6.07, 6.45) is -0.198. The zero-order valence-electron chi connectivity index (χ0n) is 16.6. The van der Waals surface area contributed by atoms with E-state index in [0.29, 0.717) is 0 Å². The number of hydrogen-bond donors (Lipinski definition) is 2. The molecule has 5 nitrogen and oxygen atoms in total. The van der Waals surface area contributed by atoms with Gasteiger partial charge in [0.25, 0.3) is 0 Å². The van der Waals surface area contributed by atoms with Gasteiger partial charge in [0.2, 0.25) is 11.8 Å². The molecule has 3 rings (SSSR count). The average Bonchev–Trinajstić information content (AvgIpc) is 2.66. The Morgan fingerprint density at radius 1 is 1.30 bits per heavy atom. The van der Waals surface area contributed by atoms with Gasteiger partial charge in [0.05, 0.1) is 30.6 Å². The van der Waals surface area contributed by atoms with E-state index in [2.05, 4.69) is 10.6 Å². The van der Waals surface area contributed by atoms with Crippen molar-refractivity contribution in [1.82, 2.24) is 10.6 Å². The van der Waals surface area contributed by atoms with Crippen LogP contribution < -0.4 is 10.6 Å². The lowest BCUT2D eigenvalue weighted by Gasteiger charge is -2.36. The molecular weight excluding hydrogens is 404 g/mol. The third kappa shape index (κ3) is 5.19. The van der Waals surface area contributed by atoms with Crippen LogP contribution in [0.5, 0.6) is 0 Å². The molecule has 0 radical (unpaired) electrons. The summed E-state index contributed by atoms with van der Waals surface area (Å²) in [5.41, 5.74) is 0.00559. The molecule has 3 aliphatic rings. The number of rotatable bonds is 4. The molecule has 2 amide bonds. The number of alkyl halides is 3. The Bertz CT molecular complexity index is 829. The van der Waals surface area contributed by atoms with Crippen LogP contribution in [0.25, 0.3) is 0 Å². The van der Waals surface area contributed by atoms with Crippen LogP contribution in [0.1, 0.15) is 33.1 Å². The molecule has 30 heavy (non-hydrogen) atoms. The highest BCUT2D eigenvalue weighted by Gasteiger charge is 2.43. The lowest BCUT2D eigenvalue weighted by atomic mass is 9.84. The molecule has 0 saturated carbocycles. The Balaban J connectivity index is 1.77. The monoisotopic (exact) mass is 428 g/mol. The third-order valence-electron chi connectivity index (χ3n) is 5.62. The number of hydrogen-bond acceptors (Lipinski definition) is 3. The zero-order valence-corrected chi connectivity index (χ0v) is 16.6. The molecule has 0 bridgehead atoms. The van der Waals surface area contributed by atoms with Gasteiger partial charge in [0.1, 0.15) is 5.83 Å². The number of halogens is 4. The van der Waals surface area contributed by atoms with E-state index >= 15 is 0 Å². The molecule has 0 aromatic heterocycles. The van der Waals surface area contributed by atoms with Crippen molar-refractivity contribution in [2.75, 3.05) is 0 Å². The number of amides is 2. The predicted octanol–water partition coefficient (Wildman–Crippen LogP) is 3.61. The van der Waals surface area contributed by atoms with Crippen LogP contribution in [0.2, 0.25) is 0 Å². The van der Waals surface area contributed by atoms with Crippen molar-refractivity contribution < 1.29 is 31.9 Å².